The Hall–Kier alpha value is 0.400. The maximum Gasteiger partial charge on any atom is 0.192 e. The summed E-state index contributed by atoms with van der Waals surface area (Å²) in [5, 5.41) is 0. The van der Waals surface area contributed by atoms with Gasteiger partial charge < -0.3 is 0 Å². The van der Waals surface area contributed by atoms with Crippen LogP contribution in [0.2, 0.25) is 0 Å². The van der Waals surface area contributed by atoms with Crippen molar-refractivity contribution < 1.29 is 4.79 Å². The van der Waals surface area contributed by atoms with E-state index in [0.717, 1.165) is 18.8 Å². The van der Waals surface area contributed by atoms with Gasteiger partial charge in [0.1, 0.15) is 0 Å². The van der Waals surface area contributed by atoms with Gasteiger partial charge in [-0.15, -0.1) is 0 Å². The number of hydrogen-bond acceptors (Lipinski definition) is 1. The van der Waals surface area contributed by atoms with Gasteiger partial charge in [0, 0.05) is 6.42 Å². The summed E-state index contributed by atoms with van der Waals surface area (Å²) in [7, 11) is 0. The van der Waals surface area contributed by atoms with Gasteiger partial charge in [-0.2, -0.15) is 0 Å². The fourth-order valence-corrected chi connectivity index (χ4v) is 2.10. The molecule has 0 aromatic heterocycles. The quantitative estimate of drug-likeness (QED) is 0.565. The Morgan fingerprint density at radius 1 is 1.27 bits per heavy atom. The Balaban J connectivity index is 2.09. The zero-order valence-electron chi connectivity index (χ0n) is 6.81. The van der Waals surface area contributed by atoms with E-state index in [2.05, 4.69) is 0 Å². The average Bonchev–Trinajstić information content (AvgIpc) is 2.03. The van der Waals surface area contributed by atoms with Crippen molar-refractivity contribution in [2.24, 2.45) is 5.92 Å². The van der Waals surface area contributed by atoms with Gasteiger partial charge in [-0.1, -0.05) is 32.1 Å². The molecule has 1 rings (SSSR count). The van der Waals surface area contributed by atoms with Crippen LogP contribution in [0.3, 0.4) is 0 Å². The lowest BCUT2D eigenvalue weighted by molar-refractivity contribution is -0.109. The zero-order valence-corrected chi connectivity index (χ0v) is 8.97. The predicted molar refractivity (Wildman–Crippen MR) is 54.8 cm³/mol. The molecule has 11 heavy (non-hydrogen) atoms. The maximum atomic E-state index is 10.7. The zero-order chi connectivity index (χ0) is 8.10. The SMILES string of the molecule is O=C(I)CCC1CCCCC1. The third kappa shape index (κ3) is 4.09. The smallest absolute Gasteiger partial charge is 0.192 e. The van der Waals surface area contributed by atoms with Crippen molar-refractivity contribution in [2.75, 3.05) is 0 Å². The first kappa shape index (κ1) is 9.49. The van der Waals surface area contributed by atoms with Crippen molar-refractivity contribution in [3.05, 3.63) is 0 Å². The van der Waals surface area contributed by atoms with Gasteiger partial charge in [0.15, 0.2) is 3.79 Å². The van der Waals surface area contributed by atoms with Crippen LogP contribution in [-0.2, 0) is 4.79 Å². The van der Waals surface area contributed by atoms with Crippen LogP contribution in [0, 0.1) is 5.92 Å². The second kappa shape index (κ2) is 5.12. The van der Waals surface area contributed by atoms with Gasteiger partial charge in [-0.25, -0.2) is 0 Å². The molecule has 0 aromatic carbocycles. The number of carbonyl (C=O) groups excluding carboxylic acids is 1. The highest BCUT2D eigenvalue weighted by atomic mass is 127. The minimum atomic E-state index is 0.327. The number of halogens is 1. The van der Waals surface area contributed by atoms with Crippen LogP contribution in [0.25, 0.3) is 0 Å². The average molecular weight is 266 g/mol. The van der Waals surface area contributed by atoms with E-state index in [-0.39, 0.29) is 0 Å². The highest BCUT2D eigenvalue weighted by Gasteiger charge is 2.13. The van der Waals surface area contributed by atoms with Crippen LogP contribution in [0.1, 0.15) is 44.9 Å². The van der Waals surface area contributed by atoms with E-state index in [4.69, 9.17) is 0 Å². The predicted octanol–water partition coefficient (Wildman–Crippen LogP) is 3.31. The van der Waals surface area contributed by atoms with Crippen LogP contribution >= 0.6 is 22.6 Å². The Morgan fingerprint density at radius 2 is 1.91 bits per heavy atom. The maximum absolute atomic E-state index is 10.7. The summed E-state index contributed by atoms with van der Waals surface area (Å²) in [5.41, 5.74) is 0. The lowest BCUT2D eigenvalue weighted by atomic mass is 9.86. The summed E-state index contributed by atoms with van der Waals surface area (Å²) in [5.74, 6) is 0.863. The van der Waals surface area contributed by atoms with Gasteiger partial charge in [-0.05, 0) is 34.9 Å². The summed E-state index contributed by atoms with van der Waals surface area (Å²) in [6.45, 7) is 0. The van der Waals surface area contributed by atoms with Crippen LogP contribution in [-0.4, -0.2) is 3.79 Å². The number of hydrogen-bond donors (Lipinski definition) is 0. The Kier molecular flexibility index (Phi) is 4.41. The van der Waals surface area contributed by atoms with Gasteiger partial charge in [0.2, 0.25) is 0 Å². The molecular weight excluding hydrogens is 251 g/mol. The van der Waals surface area contributed by atoms with Crippen molar-refractivity contribution in [2.45, 2.75) is 44.9 Å². The number of carbonyl (C=O) groups is 1. The first-order chi connectivity index (χ1) is 5.29. The third-order valence-electron chi connectivity index (χ3n) is 2.47. The number of rotatable bonds is 3. The fourth-order valence-electron chi connectivity index (χ4n) is 1.79. The van der Waals surface area contributed by atoms with Gasteiger partial charge in [-0.3, -0.25) is 4.79 Å². The highest BCUT2D eigenvalue weighted by Crippen LogP contribution is 2.27. The summed E-state index contributed by atoms with van der Waals surface area (Å²) in [4.78, 5) is 10.7. The largest absolute Gasteiger partial charge is 0.288 e. The van der Waals surface area contributed by atoms with Crippen molar-refractivity contribution in [3.8, 4) is 0 Å². The van der Waals surface area contributed by atoms with E-state index in [1.54, 1.807) is 0 Å². The molecule has 0 aliphatic heterocycles. The van der Waals surface area contributed by atoms with Crippen molar-refractivity contribution in [3.63, 3.8) is 0 Å². The van der Waals surface area contributed by atoms with Gasteiger partial charge in [0.25, 0.3) is 0 Å². The molecule has 0 spiro atoms. The molecule has 0 radical (unpaired) electrons. The first-order valence-electron chi connectivity index (χ1n) is 4.47. The molecule has 0 heterocycles. The fraction of sp³-hybridized carbons (Fsp3) is 0.889. The standard InChI is InChI=1S/C9H15IO/c10-9(11)7-6-8-4-2-1-3-5-8/h8H,1-7H2. The molecule has 1 nitrogen and oxygen atoms in total. The molecule has 0 N–H and O–H groups in total. The molecular formula is C9H15IO. The van der Waals surface area contributed by atoms with Crippen molar-refractivity contribution >= 4 is 26.4 Å². The molecule has 1 fully saturated rings. The van der Waals surface area contributed by atoms with Gasteiger partial charge in [0.05, 0.1) is 0 Å². The molecule has 0 bridgehead atoms. The van der Waals surface area contributed by atoms with E-state index in [0.29, 0.717) is 3.79 Å². The second-order valence-electron chi connectivity index (χ2n) is 3.40. The molecule has 0 unspecified atom stereocenters. The monoisotopic (exact) mass is 266 g/mol. The molecule has 0 atom stereocenters. The molecule has 0 saturated heterocycles. The topological polar surface area (TPSA) is 17.1 Å². The Morgan fingerprint density at radius 3 is 2.45 bits per heavy atom. The molecule has 0 amide bonds. The van der Waals surface area contributed by atoms with Crippen molar-refractivity contribution in [1.29, 1.82) is 0 Å². The molecule has 2 heteroatoms. The van der Waals surface area contributed by atoms with Crippen molar-refractivity contribution in [1.82, 2.24) is 0 Å². The second-order valence-corrected chi connectivity index (χ2v) is 4.60. The van der Waals surface area contributed by atoms with Crippen LogP contribution in [0.4, 0.5) is 0 Å². The minimum Gasteiger partial charge on any atom is -0.288 e. The van der Waals surface area contributed by atoms with Crippen LogP contribution in [0.5, 0.6) is 0 Å². The van der Waals surface area contributed by atoms with E-state index < -0.39 is 0 Å². The summed E-state index contributed by atoms with van der Waals surface area (Å²) in [6.07, 6.45) is 8.86. The molecule has 1 aliphatic carbocycles. The summed E-state index contributed by atoms with van der Waals surface area (Å²) >= 11 is 1.90. The normalized spacial score (nSPS) is 20.1. The lowest BCUT2D eigenvalue weighted by Crippen LogP contribution is -2.06. The van der Waals surface area contributed by atoms with E-state index in [1.165, 1.54) is 32.1 Å². The molecule has 64 valence electrons. The van der Waals surface area contributed by atoms with E-state index >= 15 is 0 Å². The van der Waals surface area contributed by atoms with Crippen LogP contribution in [0.15, 0.2) is 0 Å². The minimum absolute atomic E-state index is 0.327. The molecule has 0 aromatic rings. The highest BCUT2D eigenvalue weighted by molar-refractivity contribution is 14.1. The molecule has 1 aliphatic rings. The summed E-state index contributed by atoms with van der Waals surface area (Å²) < 4.78 is 0.327. The first-order valence-corrected chi connectivity index (χ1v) is 5.55. The van der Waals surface area contributed by atoms with Gasteiger partial charge >= 0.3 is 0 Å². The van der Waals surface area contributed by atoms with E-state index in [9.17, 15) is 4.79 Å². The lowest BCUT2D eigenvalue weighted by Gasteiger charge is -2.20. The van der Waals surface area contributed by atoms with Crippen LogP contribution < -0.4 is 0 Å². The Bertz CT molecular complexity index is 128. The molecule has 1 saturated carbocycles. The third-order valence-corrected chi connectivity index (χ3v) is 3.01. The van der Waals surface area contributed by atoms with E-state index in [1.807, 2.05) is 22.6 Å². The Labute approximate surface area is 82.1 Å². The summed E-state index contributed by atoms with van der Waals surface area (Å²) in [6, 6.07) is 0.